The van der Waals surface area contributed by atoms with E-state index in [1.54, 1.807) is 6.07 Å². The van der Waals surface area contributed by atoms with Gasteiger partial charge < -0.3 is 5.11 Å². The van der Waals surface area contributed by atoms with Crippen LogP contribution in [0.4, 0.5) is 13.2 Å². The van der Waals surface area contributed by atoms with Crippen LogP contribution in [0.1, 0.15) is 43.7 Å². The summed E-state index contributed by atoms with van der Waals surface area (Å²) in [6.45, 7) is 2.17. The summed E-state index contributed by atoms with van der Waals surface area (Å²) in [4.78, 5) is 0. The van der Waals surface area contributed by atoms with Gasteiger partial charge in [-0.3, -0.25) is 0 Å². The summed E-state index contributed by atoms with van der Waals surface area (Å²) in [6, 6.07) is 5.18. The van der Waals surface area contributed by atoms with E-state index < -0.39 is 11.7 Å². The predicted molar refractivity (Wildman–Crippen MR) is 77.1 cm³/mol. The molecule has 0 atom stereocenters. The normalized spacial score (nSPS) is 10.9. The topological polar surface area (TPSA) is 20.2 Å². The molecular formula is C15H22ClF3O. The molecule has 0 radical (unpaired) electrons. The maximum Gasteiger partial charge on any atom is 0.416 e. The highest BCUT2D eigenvalue weighted by Crippen LogP contribution is 2.29. The molecule has 0 saturated heterocycles. The largest absolute Gasteiger partial charge is 0.416 e. The Morgan fingerprint density at radius 3 is 2.30 bits per heavy atom. The van der Waals surface area contributed by atoms with Gasteiger partial charge in [0.15, 0.2) is 0 Å². The van der Waals surface area contributed by atoms with Crippen LogP contribution in [-0.4, -0.2) is 17.6 Å². The Labute approximate surface area is 123 Å². The molecule has 0 aliphatic carbocycles. The summed E-state index contributed by atoms with van der Waals surface area (Å²) >= 11 is 5.38. The van der Waals surface area contributed by atoms with Gasteiger partial charge in [0.05, 0.1) is 5.56 Å². The molecule has 0 aliphatic heterocycles. The van der Waals surface area contributed by atoms with Crippen molar-refractivity contribution in [1.82, 2.24) is 0 Å². The van der Waals surface area contributed by atoms with Crippen LogP contribution in [0, 0.1) is 0 Å². The second-order valence-electron chi connectivity index (χ2n) is 4.42. The molecule has 1 nitrogen and oxygen atoms in total. The molecule has 0 unspecified atom stereocenters. The van der Waals surface area contributed by atoms with Crippen LogP contribution in [0.3, 0.4) is 0 Å². The van der Waals surface area contributed by atoms with Gasteiger partial charge in [-0.2, -0.15) is 13.2 Å². The first-order valence-electron chi connectivity index (χ1n) is 6.78. The van der Waals surface area contributed by atoms with Crippen LogP contribution in [0.2, 0.25) is 0 Å². The second-order valence-corrected chi connectivity index (χ2v) is 4.80. The summed E-state index contributed by atoms with van der Waals surface area (Å²) in [5.74, 6) is 0.827. The fourth-order valence-electron chi connectivity index (χ4n) is 1.53. The SMILES string of the molecule is CCCCCCl.OCCCc1cccc(C(F)(F)F)c1. The van der Waals surface area contributed by atoms with Gasteiger partial charge in [-0.15, -0.1) is 11.6 Å². The lowest BCUT2D eigenvalue weighted by atomic mass is 10.1. The summed E-state index contributed by atoms with van der Waals surface area (Å²) in [7, 11) is 0. The zero-order valence-electron chi connectivity index (χ0n) is 11.7. The third kappa shape index (κ3) is 9.21. The van der Waals surface area contributed by atoms with Crippen molar-refractivity contribution in [1.29, 1.82) is 0 Å². The minimum Gasteiger partial charge on any atom is -0.396 e. The van der Waals surface area contributed by atoms with E-state index in [-0.39, 0.29) is 6.61 Å². The monoisotopic (exact) mass is 310 g/mol. The average molecular weight is 311 g/mol. The zero-order chi connectivity index (χ0) is 15.4. The Hall–Kier alpha value is -0.740. The van der Waals surface area contributed by atoms with E-state index in [1.807, 2.05) is 0 Å². The fraction of sp³-hybridized carbons (Fsp3) is 0.600. The van der Waals surface area contributed by atoms with Crippen LogP contribution < -0.4 is 0 Å². The molecule has 5 heteroatoms. The molecule has 1 aromatic rings. The van der Waals surface area contributed by atoms with Crippen molar-refractivity contribution in [3.63, 3.8) is 0 Å². The van der Waals surface area contributed by atoms with Gasteiger partial charge in [0.25, 0.3) is 0 Å². The molecule has 0 spiro atoms. The zero-order valence-corrected chi connectivity index (χ0v) is 12.5. The average Bonchev–Trinajstić information content (AvgIpc) is 2.43. The summed E-state index contributed by atoms with van der Waals surface area (Å²) < 4.78 is 36.7. The molecule has 0 saturated carbocycles. The number of alkyl halides is 4. The minimum atomic E-state index is -4.28. The van der Waals surface area contributed by atoms with Crippen molar-refractivity contribution in [2.75, 3.05) is 12.5 Å². The first-order valence-corrected chi connectivity index (χ1v) is 7.32. The van der Waals surface area contributed by atoms with Crippen molar-refractivity contribution in [2.45, 2.75) is 45.2 Å². The quantitative estimate of drug-likeness (QED) is 0.576. The molecular weight excluding hydrogens is 289 g/mol. The van der Waals surface area contributed by atoms with Crippen LogP contribution in [0.15, 0.2) is 24.3 Å². The van der Waals surface area contributed by atoms with Crippen LogP contribution in [0.5, 0.6) is 0 Å². The van der Waals surface area contributed by atoms with Crippen molar-refractivity contribution in [3.05, 3.63) is 35.4 Å². The van der Waals surface area contributed by atoms with Gasteiger partial charge in [-0.05, 0) is 30.9 Å². The minimum absolute atomic E-state index is 0.00372. The number of aryl methyl sites for hydroxylation is 1. The number of hydrogen-bond acceptors (Lipinski definition) is 1. The van der Waals surface area contributed by atoms with Gasteiger partial charge >= 0.3 is 6.18 Å². The van der Waals surface area contributed by atoms with Gasteiger partial charge in [-0.1, -0.05) is 38.0 Å². The third-order valence-corrected chi connectivity index (χ3v) is 2.88. The molecule has 1 N–H and O–H groups in total. The molecule has 1 aromatic carbocycles. The molecule has 0 heterocycles. The predicted octanol–water partition coefficient (Wildman–Crippen LogP) is 5.05. The number of unbranched alkanes of at least 4 members (excludes halogenated alkanes) is 2. The highest BCUT2D eigenvalue weighted by atomic mass is 35.5. The lowest BCUT2D eigenvalue weighted by molar-refractivity contribution is -0.137. The molecule has 0 aromatic heterocycles. The molecule has 0 fully saturated rings. The van der Waals surface area contributed by atoms with Crippen molar-refractivity contribution >= 4 is 11.6 Å². The van der Waals surface area contributed by atoms with Crippen molar-refractivity contribution in [3.8, 4) is 0 Å². The van der Waals surface area contributed by atoms with Crippen LogP contribution in [0.25, 0.3) is 0 Å². The maximum absolute atomic E-state index is 12.2. The lowest BCUT2D eigenvalue weighted by Gasteiger charge is -2.07. The molecule has 116 valence electrons. The van der Waals surface area contributed by atoms with E-state index in [4.69, 9.17) is 16.7 Å². The number of hydrogen-bond donors (Lipinski definition) is 1. The second kappa shape index (κ2) is 11.0. The Bertz CT molecular complexity index is 349. The van der Waals surface area contributed by atoms with Crippen LogP contribution in [-0.2, 0) is 12.6 Å². The number of rotatable bonds is 6. The number of aliphatic hydroxyl groups is 1. The Morgan fingerprint density at radius 1 is 1.15 bits per heavy atom. The summed E-state index contributed by atoms with van der Waals surface area (Å²) in [5.41, 5.74) is -0.0261. The molecule has 1 rings (SSSR count). The molecule has 20 heavy (non-hydrogen) atoms. The van der Waals surface area contributed by atoms with E-state index in [2.05, 4.69) is 6.92 Å². The lowest BCUT2D eigenvalue weighted by Crippen LogP contribution is -2.05. The Morgan fingerprint density at radius 2 is 1.85 bits per heavy atom. The number of aliphatic hydroxyl groups excluding tert-OH is 1. The summed E-state index contributed by atoms with van der Waals surface area (Å²) in [5, 5.41) is 8.53. The highest BCUT2D eigenvalue weighted by molar-refractivity contribution is 6.17. The summed E-state index contributed by atoms with van der Waals surface area (Å²) in [6.07, 6.45) is 0.408. The number of halogens is 4. The fourth-order valence-corrected chi connectivity index (χ4v) is 1.72. The molecule has 0 amide bonds. The van der Waals surface area contributed by atoms with E-state index in [9.17, 15) is 13.2 Å². The highest BCUT2D eigenvalue weighted by Gasteiger charge is 2.30. The van der Waals surface area contributed by atoms with E-state index >= 15 is 0 Å². The van der Waals surface area contributed by atoms with Gasteiger partial charge in [0, 0.05) is 12.5 Å². The Balaban J connectivity index is 0.000000511. The van der Waals surface area contributed by atoms with Crippen molar-refractivity contribution in [2.24, 2.45) is 0 Å². The van der Waals surface area contributed by atoms with Gasteiger partial charge in [-0.25, -0.2) is 0 Å². The number of benzene rings is 1. The van der Waals surface area contributed by atoms with E-state index in [0.29, 0.717) is 18.4 Å². The van der Waals surface area contributed by atoms with Crippen molar-refractivity contribution < 1.29 is 18.3 Å². The molecule has 0 aliphatic rings. The van der Waals surface area contributed by atoms with Crippen LogP contribution >= 0.6 is 11.6 Å². The van der Waals surface area contributed by atoms with E-state index in [1.165, 1.54) is 25.3 Å². The van der Waals surface area contributed by atoms with Gasteiger partial charge in [0.2, 0.25) is 0 Å². The van der Waals surface area contributed by atoms with E-state index in [0.717, 1.165) is 18.0 Å². The maximum atomic E-state index is 12.2. The smallest absolute Gasteiger partial charge is 0.396 e. The van der Waals surface area contributed by atoms with Gasteiger partial charge in [0.1, 0.15) is 0 Å². The first-order chi connectivity index (χ1) is 9.45. The Kier molecular flexibility index (Phi) is 10.6. The first kappa shape index (κ1) is 19.3. The standard InChI is InChI=1S/C10H11F3O.C5H11Cl/c11-10(12,13)9-5-1-3-8(7-9)4-2-6-14;1-2-3-4-5-6/h1,3,5,7,14H,2,4,6H2;2-5H2,1H3. The molecule has 0 bridgehead atoms. The third-order valence-electron chi connectivity index (χ3n) is 2.62.